The van der Waals surface area contributed by atoms with Gasteiger partial charge in [-0.2, -0.15) is 0 Å². The van der Waals surface area contributed by atoms with Gasteiger partial charge in [-0.15, -0.1) is 11.6 Å². The summed E-state index contributed by atoms with van der Waals surface area (Å²) in [5.41, 5.74) is 1.77. The number of aromatic nitrogens is 1. The molecule has 1 unspecified atom stereocenters. The van der Waals surface area contributed by atoms with Crippen LogP contribution in [-0.2, 0) is 4.79 Å². The summed E-state index contributed by atoms with van der Waals surface area (Å²) in [6.07, 6.45) is 3.99. The second kappa shape index (κ2) is 3.49. The fourth-order valence-corrected chi connectivity index (χ4v) is 1.07. The molecule has 0 aliphatic heterocycles. The second-order valence-corrected chi connectivity index (χ2v) is 2.74. The first kappa shape index (κ1) is 8.21. The summed E-state index contributed by atoms with van der Waals surface area (Å²) in [4.78, 5) is 14.2. The molecule has 0 amide bonds. The Labute approximate surface area is 70.2 Å². The lowest BCUT2D eigenvalue weighted by atomic mass is 10.1. The number of hydrogen-bond donors (Lipinski definition) is 0. The molecule has 0 N–H and O–H groups in total. The van der Waals surface area contributed by atoms with E-state index in [4.69, 9.17) is 11.6 Å². The molecule has 3 heteroatoms. The molecule has 0 fully saturated rings. The summed E-state index contributed by atoms with van der Waals surface area (Å²) in [6, 6.07) is 1.83. The third-order valence-electron chi connectivity index (χ3n) is 1.50. The largest absolute Gasteiger partial charge is 0.301 e. The van der Waals surface area contributed by atoms with Crippen molar-refractivity contribution in [2.45, 2.75) is 12.3 Å². The van der Waals surface area contributed by atoms with E-state index in [1.807, 2.05) is 13.0 Å². The van der Waals surface area contributed by atoms with E-state index in [2.05, 4.69) is 4.98 Å². The first-order chi connectivity index (χ1) is 5.25. The highest BCUT2D eigenvalue weighted by Crippen LogP contribution is 2.19. The molecule has 0 aliphatic rings. The minimum Gasteiger partial charge on any atom is -0.301 e. The van der Waals surface area contributed by atoms with Crippen LogP contribution in [-0.4, -0.2) is 11.3 Å². The number of rotatable bonds is 2. The van der Waals surface area contributed by atoms with E-state index >= 15 is 0 Å². The molecular formula is C8H8ClNO. The van der Waals surface area contributed by atoms with E-state index in [1.165, 1.54) is 0 Å². The minimum absolute atomic E-state index is 0.566. The minimum atomic E-state index is -0.566. The lowest BCUT2D eigenvalue weighted by molar-refractivity contribution is -0.107. The number of alkyl halides is 1. The molecule has 2 nitrogen and oxygen atoms in total. The second-order valence-electron chi connectivity index (χ2n) is 2.27. The van der Waals surface area contributed by atoms with Gasteiger partial charge in [-0.1, -0.05) is 0 Å². The van der Waals surface area contributed by atoms with Crippen LogP contribution in [0.5, 0.6) is 0 Å². The van der Waals surface area contributed by atoms with E-state index < -0.39 is 5.38 Å². The Morgan fingerprint density at radius 3 is 3.00 bits per heavy atom. The number of hydrogen-bond acceptors (Lipinski definition) is 2. The Morgan fingerprint density at radius 1 is 1.73 bits per heavy atom. The molecule has 1 aromatic heterocycles. The van der Waals surface area contributed by atoms with Crippen LogP contribution in [0.25, 0.3) is 0 Å². The van der Waals surface area contributed by atoms with Gasteiger partial charge in [-0.25, -0.2) is 0 Å². The number of carbonyl (C=O) groups excluding carboxylic acids is 1. The average Bonchev–Trinajstić information content (AvgIpc) is 2.04. The van der Waals surface area contributed by atoms with Crippen molar-refractivity contribution < 1.29 is 4.79 Å². The molecule has 0 saturated heterocycles. The van der Waals surface area contributed by atoms with Gasteiger partial charge in [0, 0.05) is 12.4 Å². The SMILES string of the molecule is Cc1ccncc1C(Cl)C=O. The standard InChI is InChI=1S/C8H8ClNO/c1-6-2-3-10-4-7(6)8(9)5-11/h2-5,8H,1H3. The van der Waals surface area contributed by atoms with Gasteiger partial charge in [-0.05, 0) is 24.1 Å². The molecule has 0 radical (unpaired) electrons. The molecule has 1 atom stereocenters. The summed E-state index contributed by atoms with van der Waals surface area (Å²) in [7, 11) is 0. The van der Waals surface area contributed by atoms with Gasteiger partial charge in [0.2, 0.25) is 0 Å². The normalized spacial score (nSPS) is 12.5. The van der Waals surface area contributed by atoms with Crippen molar-refractivity contribution in [3.05, 3.63) is 29.6 Å². The Kier molecular flexibility index (Phi) is 2.60. The van der Waals surface area contributed by atoms with Crippen molar-refractivity contribution in [1.29, 1.82) is 0 Å². The molecule has 0 bridgehead atoms. The fourth-order valence-electron chi connectivity index (χ4n) is 0.838. The summed E-state index contributed by atoms with van der Waals surface area (Å²) >= 11 is 5.69. The van der Waals surface area contributed by atoms with Gasteiger partial charge in [0.05, 0.1) is 0 Å². The fraction of sp³-hybridized carbons (Fsp3) is 0.250. The van der Waals surface area contributed by atoms with Crippen LogP contribution >= 0.6 is 11.6 Å². The van der Waals surface area contributed by atoms with Crippen LogP contribution in [0, 0.1) is 6.92 Å². The number of aryl methyl sites for hydroxylation is 1. The third kappa shape index (κ3) is 1.77. The van der Waals surface area contributed by atoms with Crippen LogP contribution in [0.15, 0.2) is 18.5 Å². The van der Waals surface area contributed by atoms with Crippen LogP contribution < -0.4 is 0 Å². The maximum atomic E-state index is 10.3. The number of carbonyl (C=O) groups is 1. The first-order valence-electron chi connectivity index (χ1n) is 3.25. The van der Waals surface area contributed by atoms with Crippen molar-refractivity contribution in [3.63, 3.8) is 0 Å². The van der Waals surface area contributed by atoms with Gasteiger partial charge in [0.1, 0.15) is 11.7 Å². The monoisotopic (exact) mass is 169 g/mol. The summed E-state index contributed by atoms with van der Waals surface area (Å²) < 4.78 is 0. The van der Waals surface area contributed by atoms with Crippen LogP contribution in [0.3, 0.4) is 0 Å². The smallest absolute Gasteiger partial charge is 0.142 e. The van der Waals surface area contributed by atoms with Gasteiger partial charge < -0.3 is 4.79 Å². The molecule has 1 rings (SSSR count). The van der Waals surface area contributed by atoms with E-state index in [0.29, 0.717) is 6.29 Å². The van der Waals surface area contributed by atoms with Gasteiger partial charge in [-0.3, -0.25) is 4.98 Å². The molecule has 0 aliphatic carbocycles. The Hall–Kier alpha value is -0.890. The predicted molar refractivity (Wildman–Crippen MR) is 43.6 cm³/mol. The lowest BCUT2D eigenvalue weighted by Crippen LogP contribution is -1.95. The first-order valence-corrected chi connectivity index (χ1v) is 3.69. The number of nitrogens with zero attached hydrogens (tertiary/aromatic N) is 1. The maximum absolute atomic E-state index is 10.3. The molecule has 0 spiro atoms. The van der Waals surface area contributed by atoms with E-state index in [-0.39, 0.29) is 0 Å². The van der Waals surface area contributed by atoms with Gasteiger partial charge in [0.25, 0.3) is 0 Å². The molecule has 0 saturated carbocycles. The average molecular weight is 170 g/mol. The molecule has 58 valence electrons. The topological polar surface area (TPSA) is 30.0 Å². The molecular weight excluding hydrogens is 162 g/mol. The van der Waals surface area contributed by atoms with Crippen molar-refractivity contribution in [3.8, 4) is 0 Å². The number of pyridine rings is 1. The number of halogens is 1. The van der Waals surface area contributed by atoms with Crippen LogP contribution in [0.2, 0.25) is 0 Å². The molecule has 0 aromatic carbocycles. The molecule has 1 heterocycles. The highest BCUT2D eigenvalue weighted by molar-refractivity contribution is 6.27. The zero-order chi connectivity index (χ0) is 8.27. The highest BCUT2D eigenvalue weighted by Gasteiger charge is 2.07. The van der Waals surface area contributed by atoms with Gasteiger partial charge >= 0.3 is 0 Å². The zero-order valence-electron chi connectivity index (χ0n) is 6.12. The Bertz CT molecular complexity index is 262. The van der Waals surface area contributed by atoms with E-state index in [9.17, 15) is 4.79 Å². The molecule has 11 heavy (non-hydrogen) atoms. The maximum Gasteiger partial charge on any atom is 0.142 e. The van der Waals surface area contributed by atoms with Crippen LogP contribution in [0.1, 0.15) is 16.5 Å². The zero-order valence-corrected chi connectivity index (χ0v) is 6.88. The summed E-state index contributed by atoms with van der Waals surface area (Å²) in [6.45, 7) is 1.90. The van der Waals surface area contributed by atoms with E-state index in [0.717, 1.165) is 11.1 Å². The molecule has 1 aromatic rings. The van der Waals surface area contributed by atoms with Crippen molar-refractivity contribution in [2.24, 2.45) is 0 Å². The van der Waals surface area contributed by atoms with Crippen molar-refractivity contribution >= 4 is 17.9 Å². The van der Waals surface area contributed by atoms with Crippen molar-refractivity contribution in [2.75, 3.05) is 0 Å². The number of aldehydes is 1. The Morgan fingerprint density at radius 2 is 2.45 bits per heavy atom. The van der Waals surface area contributed by atoms with Crippen LogP contribution in [0.4, 0.5) is 0 Å². The third-order valence-corrected chi connectivity index (χ3v) is 1.83. The Balaban J connectivity index is 3.02. The lowest BCUT2D eigenvalue weighted by Gasteiger charge is -2.03. The predicted octanol–water partition coefficient (Wildman–Crippen LogP) is 1.87. The quantitative estimate of drug-likeness (QED) is 0.500. The van der Waals surface area contributed by atoms with E-state index in [1.54, 1.807) is 12.4 Å². The highest BCUT2D eigenvalue weighted by atomic mass is 35.5. The van der Waals surface area contributed by atoms with Gasteiger partial charge in [0.15, 0.2) is 0 Å². The summed E-state index contributed by atoms with van der Waals surface area (Å²) in [5, 5.41) is -0.566. The van der Waals surface area contributed by atoms with Crippen molar-refractivity contribution in [1.82, 2.24) is 4.98 Å². The summed E-state index contributed by atoms with van der Waals surface area (Å²) in [5.74, 6) is 0.